The summed E-state index contributed by atoms with van der Waals surface area (Å²) in [6.07, 6.45) is -16.3. The van der Waals surface area contributed by atoms with Crippen LogP contribution in [-0.4, -0.2) is 141 Å². The van der Waals surface area contributed by atoms with E-state index in [4.69, 9.17) is 47.4 Å². The van der Waals surface area contributed by atoms with Gasteiger partial charge in [-0.25, -0.2) is 8.42 Å². The fraction of sp³-hybridized carbons (Fsp3) is 0.632. The molecule has 0 amide bonds. The minimum Gasteiger partial charge on any atom is -0.462 e. The van der Waals surface area contributed by atoms with Gasteiger partial charge < -0.3 is 47.4 Å². The van der Waals surface area contributed by atoms with Crippen LogP contribution in [0.15, 0.2) is 29.2 Å². The maximum absolute atomic E-state index is 15.3. The number of carbonyl (C=O) groups excluding carboxylic acids is 8. The van der Waals surface area contributed by atoms with Crippen molar-refractivity contribution in [3.8, 4) is 0 Å². The van der Waals surface area contributed by atoms with Crippen molar-refractivity contribution >= 4 is 57.8 Å². The quantitative estimate of drug-likeness (QED) is 0.165. The molecule has 2 saturated heterocycles. The Morgan fingerprint density at radius 3 is 1.48 bits per heavy atom. The lowest BCUT2D eigenvalue weighted by Crippen LogP contribution is -2.71. The Bertz CT molecular complexity index is 1870. The zero-order valence-corrected chi connectivity index (χ0v) is 35.6. The van der Waals surface area contributed by atoms with Crippen LogP contribution in [0.5, 0.6) is 0 Å². The number of benzene rings is 1. The average Bonchev–Trinajstić information content (AvgIpc) is 3.11. The second-order valence-electron chi connectivity index (χ2n) is 14.0. The molecule has 3 rings (SSSR count). The van der Waals surface area contributed by atoms with Crippen LogP contribution < -0.4 is 0 Å². The Balaban J connectivity index is 2.50. The van der Waals surface area contributed by atoms with Gasteiger partial charge in [0.25, 0.3) is 0 Å². The van der Waals surface area contributed by atoms with Gasteiger partial charge in [0.15, 0.2) is 42.9 Å². The van der Waals surface area contributed by atoms with Gasteiger partial charge in [-0.05, 0) is 25.5 Å². The molecule has 0 aliphatic carbocycles. The van der Waals surface area contributed by atoms with Gasteiger partial charge in [0.1, 0.15) is 18.8 Å². The van der Waals surface area contributed by atoms with Crippen LogP contribution >= 0.6 is 0 Å². The number of hydrogen-bond acceptors (Lipinski definition) is 20. The zero-order valence-electron chi connectivity index (χ0n) is 34.8. The smallest absolute Gasteiger partial charge is 0.303 e. The molecule has 2 aliphatic heterocycles. The number of piperidine rings is 1. The Labute approximate surface area is 346 Å². The number of nitrogens with zero attached hydrogens (tertiary/aromatic N) is 1. The van der Waals surface area contributed by atoms with Crippen LogP contribution in [-0.2, 0) is 95.7 Å². The molecular weight excluding hydrogens is 822 g/mol. The molecule has 2 heterocycles. The SMILES string of the molecule is CO[C@H]1O[C@H](C[C@@H]2[C@H](OC(C)=O)[C@@H](OC(C)=O)[C@@H](OC(C)=O)[C@H](C[C@@H](COC(C)=O)OC(C)=O)N2S(=O)(=O)c2ccc(C)cc2)[C@@H](OC(C)=O)[C@H](OC(C)=O)[C@@H]1OC(C)=O. The standard InChI is InChI=1S/C38H51NO20S/c1-18-11-13-28(14-12-18)60(48,49)39-29(15-27(52-20(3)41)17-51-19(2)40)32(53-21(4)42)35(56-24(7)45)33(54-22(5)43)30(39)16-31-34(55-23(6)44)36(57-25(8)46)37(58-26(9)47)38(50-10)59-31/h11-14,27,29-38H,15-17H2,1-10H3/t27-,29-,30+,31+,32-,33-,34+,35-,36-,37-,38-/m0/s1. The van der Waals surface area contributed by atoms with Crippen molar-refractivity contribution in [3.63, 3.8) is 0 Å². The van der Waals surface area contributed by atoms with Crippen LogP contribution in [0.1, 0.15) is 73.8 Å². The van der Waals surface area contributed by atoms with Gasteiger partial charge in [0.2, 0.25) is 10.0 Å². The van der Waals surface area contributed by atoms with Crippen molar-refractivity contribution in [2.24, 2.45) is 0 Å². The lowest BCUT2D eigenvalue weighted by molar-refractivity contribution is -0.302. The first-order valence-electron chi connectivity index (χ1n) is 18.6. The van der Waals surface area contributed by atoms with Gasteiger partial charge in [-0.2, -0.15) is 4.31 Å². The predicted octanol–water partition coefficient (Wildman–Crippen LogP) is 0.973. The van der Waals surface area contributed by atoms with E-state index in [9.17, 15) is 38.4 Å². The second kappa shape index (κ2) is 21.4. The minimum absolute atomic E-state index is 0.343. The first-order chi connectivity index (χ1) is 28.0. The van der Waals surface area contributed by atoms with E-state index in [-0.39, 0.29) is 4.90 Å². The highest BCUT2D eigenvalue weighted by Gasteiger charge is 2.61. The molecule has 0 saturated carbocycles. The summed E-state index contributed by atoms with van der Waals surface area (Å²) in [5.41, 5.74) is 0.659. The maximum atomic E-state index is 15.3. The van der Waals surface area contributed by atoms with Gasteiger partial charge in [-0.15, -0.1) is 0 Å². The van der Waals surface area contributed by atoms with Crippen molar-refractivity contribution < 1.29 is 94.1 Å². The minimum atomic E-state index is -4.93. The number of hydrogen-bond donors (Lipinski definition) is 0. The fourth-order valence-electron chi connectivity index (χ4n) is 7.16. The number of methoxy groups -OCH3 is 1. The highest BCUT2D eigenvalue weighted by atomic mass is 32.2. The summed E-state index contributed by atoms with van der Waals surface area (Å²) >= 11 is 0. The molecule has 334 valence electrons. The molecule has 21 nitrogen and oxygen atoms in total. The van der Waals surface area contributed by atoms with Gasteiger partial charge in [0.05, 0.1) is 17.0 Å². The maximum Gasteiger partial charge on any atom is 0.303 e. The summed E-state index contributed by atoms with van der Waals surface area (Å²) in [5, 5.41) is 0. The molecule has 2 aliphatic rings. The molecule has 1 aromatic carbocycles. The van der Waals surface area contributed by atoms with Crippen molar-refractivity contribution in [3.05, 3.63) is 29.8 Å². The topological polar surface area (TPSA) is 266 Å². The summed E-state index contributed by atoms with van der Waals surface area (Å²) in [6.45, 7) is 9.21. The number of esters is 8. The number of carbonyl (C=O) groups is 8. The Morgan fingerprint density at radius 1 is 0.600 bits per heavy atom. The molecule has 11 atom stereocenters. The summed E-state index contributed by atoms with van der Waals surface area (Å²) in [5.74, 6) is -7.45. The molecule has 0 radical (unpaired) electrons. The highest BCUT2D eigenvalue weighted by molar-refractivity contribution is 7.89. The molecule has 2 fully saturated rings. The normalized spacial score (nSPS) is 27.2. The molecule has 60 heavy (non-hydrogen) atoms. The summed E-state index contributed by atoms with van der Waals surface area (Å²) in [4.78, 5) is 100. The Morgan fingerprint density at radius 2 is 1.03 bits per heavy atom. The molecule has 0 bridgehead atoms. The van der Waals surface area contributed by atoms with Crippen LogP contribution in [0.3, 0.4) is 0 Å². The fourth-order valence-corrected chi connectivity index (χ4v) is 9.01. The summed E-state index contributed by atoms with van der Waals surface area (Å²) in [6, 6.07) is 2.02. The van der Waals surface area contributed by atoms with Crippen LogP contribution in [0, 0.1) is 6.92 Å². The third kappa shape index (κ3) is 13.2. The van der Waals surface area contributed by atoms with E-state index in [1.165, 1.54) is 24.3 Å². The van der Waals surface area contributed by atoms with Crippen molar-refractivity contribution in [1.82, 2.24) is 4.31 Å². The molecule has 0 N–H and O–H groups in total. The van der Waals surface area contributed by atoms with E-state index >= 15 is 8.42 Å². The van der Waals surface area contributed by atoms with E-state index in [1.807, 2.05) is 0 Å². The van der Waals surface area contributed by atoms with Crippen LogP contribution in [0.2, 0.25) is 0 Å². The summed E-state index contributed by atoms with van der Waals surface area (Å²) < 4.78 is 87.3. The molecular formula is C38H51NO20S. The van der Waals surface area contributed by atoms with Gasteiger partial charge in [0, 0.05) is 68.9 Å². The van der Waals surface area contributed by atoms with Gasteiger partial charge in [-0.3, -0.25) is 38.4 Å². The van der Waals surface area contributed by atoms with Crippen molar-refractivity contribution in [1.29, 1.82) is 0 Å². The third-order valence-electron chi connectivity index (χ3n) is 9.08. The lowest BCUT2D eigenvalue weighted by atomic mass is 9.83. The number of aryl methyl sites for hydroxylation is 1. The first-order valence-corrected chi connectivity index (χ1v) is 20.0. The van der Waals surface area contributed by atoms with Crippen LogP contribution in [0.4, 0.5) is 0 Å². The molecule has 0 unspecified atom stereocenters. The number of ether oxygens (including phenoxy) is 10. The van der Waals surface area contributed by atoms with E-state index in [2.05, 4.69) is 0 Å². The number of rotatable bonds is 16. The van der Waals surface area contributed by atoms with E-state index in [0.717, 1.165) is 66.8 Å². The Hall–Kier alpha value is -5.19. The third-order valence-corrected chi connectivity index (χ3v) is 11.0. The van der Waals surface area contributed by atoms with Crippen molar-refractivity contribution in [2.45, 2.75) is 147 Å². The van der Waals surface area contributed by atoms with E-state index in [0.29, 0.717) is 5.56 Å². The zero-order chi connectivity index (χ0) is 45.2. The van der Waals surface area contributed by atoms with Gasteiger partial charge in [-0.1, -0.05) is 17.7 Å². The number of sulfonamides is 1. The molecule has 0 aromatic heterocycles. The molecule has 1 aromatic rings. The van der Waals surface area contributed by atoms with Gasteiger partial charge >= 0.3 is 47.8 Å². The van der Waals surface area contributed by atoms with E-state index in [1.54, 1.807) is 6.92 Å². The summed E-state index contributed by atoms with van der Waals surface area (Å²) in [7, 11) is -3.78. The Kier molecular flexibility index (Phi) is 17.5. The largest absolute Gasteiger partial charge is 0.462 e. The second-order valence-corrected chi connectivity index (χ2v) is 15.9. The monoisotopic (exact) mass is 873 g/mol. The highest BCUT2D eigenvalue weighted by Crippen LogP contribution is 2.42. The van der Waals surface area contributed by atoms with Crippen molar-refractivity contribution in [2.75, 3.05) is 13.7 Å². The molecule has 0 spiro atoms. The van der Waals surface area contributed by atoms with Crippen LogP contribution in [0.25, 0.3) is 0 Å². The molecule has 22 heteroatoms. The average molecular weight is 874 g/mol. The predicted molar refractivity (Wildman–Crippen MR) is 198 cm³/mol. The van der Waals surface area contributed by atoms with E-state index < -0.39 is 144 Å². The lowest BCUT2D eigenvalue weighted by Gasteiger charge is -2.52. The first kappa shape index (κ1) is 49.2.